The summed E-state index contributed by atoms with van der Waals surface area (Å²) in [6, 6.07) is 16.5. The molecule has 2 N–H and O–H groups in total. The van der Waals surface area contributed by atoms with Gasteiger partial charge in [-0.05, 0) is 42.2 Å². The van der Waals surface area contributed by atoms with Gasteiger partial charge in [-0.15, -0.1) is 0 Å². The van der Waals surface area contributed by atoms with Crippen LogP contribution in [0.5, 0.6) is 0 Å². The van der Waals surface area contributed by atoms with E-state index in [1.54, 1.807) is 0 Å². The van der Waals surface area contributed by atoms with E-state index in [0.717, 1.165) is 29.5 Å². The number of alkyl halides is 1. The van der Waals surface area contributed by atoms with Gasteiger partial charge in [0.2, 0.25) is 5.96 Å². The van der Waals surface area contributed by atoms with Crippen LogP contribution in [-0.4, -0.2) is 18.3 Å². The van der Waals surface area contributed by atoms with Crippen LogP contribution in [0, 0.1) is 0 Å². The summed E-state index contributed by atoms with van der Waals surface area (Å²) in [6.45, 7) is 2.15. The number of guanidine groups is 1. The minimum atomic E-state index is 0.496. The molecule has 0 atom stereocenters. The van der Waals surface area contributed by atoms with E-state index in [1.165, 1.54) is 11.1 Å². The van der Waals surface area contributed by atoms with E-state index in [2.05, 4.69) is 52.1 Å². The predicted octanol–water partition coefficient (Wildman–Crippen LogP) is 4.27. The molecule has 0 saturated heterocycles. The van der Waals surface area contributed by atoms with Gasteiger partial charge >= 0.3 is 0 Å². The zero-order chi connectivity index (χ0) is 15.9. The summed E-state index contributed by atoms with van der Waals surface area (Å²) in [5, 5.41) is 0.911. The molecular weight excluding hydrogens is 338 g/mol. The fraction of sp³-hybridized carbons (Fsp3) is 0.278. The van der Waals surface area contributed by atoms with Crippen LogP contribution < -0.4 is 10.6 Å². The number of rotatable bonds is 5. The number of aliphatic imine (C=N–C) groups is 1. The van der Waals surface area contributed by atoms with Crippen molar-refractivity contribution < 1.29 is 0 Å². The lowest BCUT2D eigenvalue weighted by molar-refractivity contribution is 1.12. The molecule has 2 aromatic rings. The van der Waals surface area contributed by atoms with Crippen molar-refractivity contribution in [2.45, 2.75) is 19.8 Å². The fourth-order valence-corrected chi connectivity index (χ4v) is 2.68. The Bertz CT molecular complexity index is 652. The minimum Gasteiger partial charge on any atom is -0.369 e. The highest BCUT2D eigenvalue weighted by Gasteiger charge is 2.07. The predicted molar refractivity (Wildman–Crippen MR) is 99.4 cm³/mol. The van der Waals surface area contributed by atoms with E-state index in [0.29, 0.717) is 5.96 Å². The summed E-state index contributed by atoms with van der Waals surface area (Å²) < 4.78 is 0. The molecule has 0 heterocycles. The van der Waals surface area contributed by atoms with E-state index in [4.69, 9.17) is 5.73 Å². The molecule has 0 bridgehead atoms. The summed E-state index contributed by atoms with van der Waals surface area (Å²) in [5.41, 5.74) is 10.7. The number of para-hydroxylation sites is 1. The highest BCUT2D eigenvalue weighted by molar-refractivity contribution is 9.09. The second kappa shape index (κ2) is 7.99. The smallest absolute Gasteiger partial charge is 0.200 e. The van der Waals surface area contributed by atoms with Crippen molar-refractivity contribution in [1.82, 2.24) is 0 Å². The molecule has 116 valence electrons. The number of halogens is 1. The molecule has 0 aliphatic carbocycles. The van der Waals surface area contributed by atoms with Crippen LogP contribution in [0.1, 0.15) is 18.1 Å². The first-order chi connectivity index (χ1) is 10.7. The molecule has 0 aliphatic heterocycles. The first kappa shape index (κ1) is 16.6. The van der Waals surface area contributed by atoms with E-state index in [9.17, 15) is 0 Å². The number of benzene rings is 2. The van der Waals surface area contributed by atoms with Crippen molar-refractivity contribution in [2.75, 3.05) is 17.3 Å². The molecule has 2 aromatic carbocycles. The molecule has 0 fully saturated rings. The molecule has 0 spiro atoms. The molecule has 22 heavy (non-hydrogen) atoms. The van der Waals surface area contributed by atoms with E-state index < -0.39 is 0 Å². The average Bonchev–Trinajstić information content (AvgIpc) is 2.56. The largest absolute Gasteiger partial charge is 0.369 e. The lowest BCUT2D eigenvalue weighted by Crippen LogP contribution is -2.33. The third-order valence-electron chi connectivity index (χ3n) is 3.64. The number of aryl methyl sites for hydroxylation is 2. The standard InChI is InChI=1S/C18H22BrN3/c1-3-14-7-6-9-16(13-14)22(2)18(20)21-17-10-5-4-8-15(17)11-12-19/h4-10,13H,3,11-12H2,1-2H3,(H2,20,21). The molecule has 3 nitrogen and oxygen atoms in total. The van der Waals surface area contributed by atoms with Crippen LogP contribution in [0.4, 0.5) is 11.4 Å². The van der Waals surface area contributed by atoms with Gasteiger partial charge in [-0.1, -0.05) is 53.2 Å². The first-order valence-corrected chi connectivity index (χ1v) is 8.58. The molecule has 0 radical (unpaired) electrons. The summed E-state index contributed by atoms with van der Waals surface area (Å²) in [7, 11) is 1.95. The second-order valence-corrected chi connectivity index (χ2v) is 5.91. The van der Waals surface area contributed by atoms with Crippen molar-refractivity contribution in [1.29, 1.82) is 0 Å². The van der Waals surface area contributed by atoms with E-state index in [-0.39, 0.29) is 0 Å². The quantitative estimate of drug-likeness (QED) is 0.492. The van der Waals surface area contributed by atoms with Crippen molar-refractivity contribution in [2.24, 2.45) is 10.7 Å². The van der Waals surface area contributed by atoms with E-state index in [1.807, 2.05) is 36.2 Å². The van der Waals surface area contributed by atoms with Crippen molar-refractivity contribution >= 4 is 33.3 Å². The fourth-order valence-electron chi connectivity index (χ4n) is 2.25. The Morgan fingerprint density at radius 1 is 1.18 bits per heavy atom. The van der Waals surface area contributed by atoms with Crippen LogP contribution >= 0.6 is 15.9 Å². The average molecular weight is 360 g/mol. The van der Waals surface area contributed by atoms with Gasteiger partial charge in [0.05, 0.1) is 5.69 Å². The SMILES string of the molecule is CCc1cccc(N(C)C(N)=Nc2ccccc2CCBr)c1. The van der Waals surface area contributed by atoms with Gasteiger partial charge < -0.3 is 10.6 Å². The summed E-state index contributed by atoms with van der Waals surface area (Å²) >= 11 is 3.48. The Kier molecular flexibility index (Phi) is 6.01. The van der Waals surface area contributed by atoms with Gasteiger partial charge in [-0.3, -0.25) is 0 Å². The maximum Gasteiger partial charge on any atom is 0.200 e. The Hall–Kier alpha value is -1.81. The molecular formula is C18H22BrN3. The molecule has 0 amide bonds. The van der Waals surface area contributed by atoms with Crippen LogP contribution in [0.2, 0.25) is 0 Å². The summed E-state index contributed by atoms with van der Waals surface area (Å²) in [6.07, 6.45) is 1.94. The van der Waals surface area contributed by atoms with Gasteiger partial charge in [0.25, 0.3) is 0 Å². The number of nitrogens with two attached hydrogens (primary N) is 1. The van der Waals surface area contributed by atoms with Crippen LogP contribution in [-0.2, 0) is 12.8 Å². The molecule has 0 aromatic heterocycles. The van der Waals surface area contributed by atoms with Gasteiger partial charge in [0.15, 0.2) is 0 Å². The Labute approximate surface area is 141 Å². The second-order valence-electron chi connectivity index (χ2n) is 5.12. The van der Waals surface area contributed by atoms with Gasteiger partial charge in [-0.25, -0.2) is 4.99 Å². The maximum absolute atomic E-state index is 6.20. The third kappa shape index (κ3) is 4.10. The van der Waals surface area contributed by atoms with Gasteiger partial charge in [-0.2, -0.15) is 0 Å². The van der Waals surface area contributed by atoms with Gasteiger partial charge in [0, 0.05) is 18.1 Å². The van der Waals surface area contributed by atoms with Crippen molar-refractivity contribution in [3.8, 4) is 0 Å². The van der Waals surface area contributed by atoms with Crippen molar-refractivity contribution in [3.05, 3.63) is 59.7 Å². The number of hydrogen-bond acceptors (Lipinski definition) is 1. The van der Waals surface area contributed by atoms with Crippen LogP contribution in [0.15, 0.2) is 53.5 Å². The lowest BCUT2D eigenvalue weighted by atomic mass is 10.1. The van der Waals surface area contributed by atoms with Gasteiger partial charge in [0.1, 0.15) is 0 Å². The molecule has 0 unspecified atom stereocenters. The van der Waals surface area contributed by atoms with Crippen LogP contribution in [0.25, 0.3) is 0 Å². The zero-order valence-corrected chi connectivity index (χ0v) is 14.7. The highest BCUT2D eigenvalue weighted by Crippen LogP contribution is 2.21. The third-order valence-corrected chi connectivity index (χ3v) is 4.04. The summed E-state index contributed by atoms with van der Waals surface area (Å²) in [5.74, 6) is 0.496. The van der Waals surface area contributed by atoms with Crippen LogP contribution in [0.3, 0.4) is 0 Å². The monoisotopic (exact) mass is 359 g/mol. The van der Waals surface area contributed by atoms with E-state index >= 15 is 0 Å². The number of hydrogen-bond donors (Lipinski definition) is 1. The lowest BCUT2D eigenvalue weighted by Gasteiger charge is -2.19. The molecule has 2 rings (SSSR count). The topological polar surface area (TPSA) is 41.6 Å². The molecule has 0 aliphatic rings. The Morgan fingerprint density at radius 2 is 1.95 bits per heavy atom. The Balaban J connectivity index is 2.28. The molecule has 4 heteroatoms. The molecule has 0 saturated carbocycles. The first-order valence-electron chi connectivity index (χ1n) is 7.46. The Morgan fingerprint density at radius 3 is 2.68 bits per heavy atom. The van der Waals surface area contributed by atoms with Crippen molar-refractivity contribution in [3.63, 3.8) is 0 Å². The zero-order valence-electron chi connectivity index (χ0n) is 13.1. The minimum absolute atomic E-state index is 0.496. The number of anilines is 1. The number of nitrogens with zero attached hydrogens (tertiary/aromatic N) is 2. The summed E-state index contributed by atoms with van der Waals surface area (Å²) in [4.78, 5) is 6.53. The maximum atomic E-state index is 6.20. The normalized spacial score (nSPS) is 11.5. The highest BCUT2D eigenvalue weighted by atomic mass is 79.9.